The molecule has 5 nitrogen and oxygen atoms in total. The van der Waals surface area contributed by atoms with E-state index in [4.69, 9.17) is 0 Å². The highest BCUT2D eigenvalue weighted by molar-refractivity contribution is 7.15. The summed E-state index contributed by atoms with van der Waals surface area (Å²) in [6.07, 6.45) is 0. The van der Waals surface area contributed by atoms with Crippen LogP contribution in [0.1, 0.15) is 10.6 Å². The molecule has 0 aliphatic carbocycles. The summed E-state index contributed by atoms with van der Waals surface area (Å²) in [5.74, 6) is -0.343. The van der Waals surface area contributed by atoms with Gasteiger partial charge >= 0.3 is 6.03 Å². The van der Waals surface area contributed by atoms with Crippen LogP contribution in [-0.2, 0) is 6.54 Å². The Morgan fingerprint density at radius 3 is 2.83 bits per heavy atom. The fourth-order valence-corrected chi connectivity index (χ4v) is 1.89. The number of amides is 2. The minimum atomic E-state index is -0.436. The van der Waals surface area contributed by atoms with Crippen LogP contribution in [-0.4, -0.2) is 16.2 Å². The number of urea groups is 1. The first-order valence-corrected chi connectivity index (χ1v) is 6.05. The molecule has 94 valence electrons. The van der Waals surface area contributed by atoms with Crippen LogP contribution in [0.5, 0.6) is 0 Å². The van der Waals surface area contributed by atoms with Gasteiger partial charge in [0.15, 0.2) is 0 Å². The summed E-state index contributed by atoms with van der Waals surface area (Å²) < 4.78 is 13.3. The normalized spacial score (nSPS) is 10.1. The summed E-state index contributed by atoms with van der Waals surface area (Å²) in [5, 5.41) is 13.8. The largest absolute Gasteiger partial charge is 0.334 e. The van der Waals surface area contributed by atoms with Crippen molar-refractivity contribution in [1.29, 1.82) is 0 Å². The molecule has 0 aliphatic heterocycles. The molecule has 7 heteroatoms. The molecule has 0 atom stereocenters. The predicted molar refractivity (Wildman–Crippen MR) is 66.9 cm³/mol. The predicted octanol–water partition coefficient (Wildman–Crippen LogP) is 2.31. The number of carbonyl (C=O) groups is 1. The van der Waals surface area contributed by atoms with Crippen molar-refractivity contribution < 1.29 is 9.18 Å². The summed E-state index contributed by atoms with van der Waals surface area (Å²) in [6.45, 7) is 1.91. The highest BCUT2D eigenvalue weighted by Crippen LogP contribution is 2.13. The third-order valence-electron chi connectivity index (χ3n) is 2.14. The van der Waals surface area contributed by atoms with Gasteiger partial charge in [0.05, 0.1) is 0 Å². The molecule has 0 unspecified atom stereocenters. The average molecular weight is 266 g/mol. The molecular formula is C11H11FN4OS. The zero-order valence-electron chi connectivity index (χ0n) is 9.61. The van der Waals surface area contributed by atoms with Crippen molar-refractivity contribution in [2.75, 3.05) is 5.32 Å². The van der Waals surface area contributed by atoms with Gasteiger partial charge < -0.3 is 5.32 Å². The van der Waals surface area contributed by atoms with Gasteiger partial charge in [0.2, 0.25) is 5.13 Å². The van der Waals surface area contributed by atoms with E-state index in [1.165, 1.54) is 17.4 Å². The standard InChI is InChI=1S/C11H11FN4OS/c1-7-15-16-11(18-7)14-10(17)13-6-8-4-2-3-5-9(8)12/h2-5H,6H2,1H3,(H2,13,14,16,17). The van der Waals surface area contributed by atoms with Crippen molar-refractivity contribution >= 4 is 22.5 Å². The molecule has 1 aromatic heterocycles. The first kappa shape index (κ1) is 12.4. The molecule has 2 aromatic rings. The lowest BCUT2D eigenvalue weighted by atomic mass is 10.2. The third-order valence-corrected chi connectivity index (χ3v) is 2.90. The number of halogens is 1. The van der Waals surface area contributed by atoms with Crippen LogP contribution in [0.2, 0.25) is 0 Å². The van der Waals surface area contributed by atoms with Crippen molar-refractivity contribution in [3.05, 3.63) is 40.7 Å². The van der Waals surface area contributed by atoms with E-state index in [0.717, 1.165) is 5.01 Å². The van der Waals surface area contributed by atoms with Crippen LogP contribution in [0.4, 0.5) is 14.3 Å². The number of nitrogens with zero attached hydrogens (tertiary/aromatic N) is 2. The average Bonchev–Trinajstić information content (AvgIpc) is 2.74. The lowest BCUT2D eigenvalue weighted by molar-refractivity contribution is 0.251. The Labute approximate surface area is 107 Å². The van der Waals surface area contributed by atoms with Gasteiger partial charge in [-0.1, -0.05) is 29.5 Å². The van der Waals surface area contributed by atoms with Gasteiger partial charge in [-0.2, -0.15) is 0 Å². The van der Waals surface area contributed by atoms with E-state index in [1.54, 1.807) is 25.1 Å². The fraction of sp³-hybridized carbons (Fsp3) is 0.182. The first-order chi connectivity index (χ1) is 8.65. The Balaban J connectivity index is 1.87. The van der Waals surface area contributed by atoms with E-state index in [2.05, 4.69) is 20.8 Å². The van der Waals surface area contributed by atoms with Crippen molar-refractivity contribution in [3.8, 4) is 0 Å². The SMILES string of the molecule is Cc1nnc(NC(=O)NCc2ccccc2F)s1. The molecule has 0 saturated heterocycles. The molecule has 0 saturated carbocycles. The number of rotatable bonds is 3. The van der Waals surface area contributed by atoms with Crippen LogP contribution < -0.4 is 10.6 Å². The topological polar surface area (TPSA) is 66.9 Å². The number of carbonyl (C=O) groups excluding carboxylic acids is 1. The Kier molecular flexibility index (Phi) is 3.83. The second-order valence-electron chi connectivity index (χ2n) is 3.53. The minimum absolute atomic E-state index is 0.121. The van der Waals surface area contributed by atoms with Crippen LogP contribution in [0.25, 0.3) is 0 Å². The number of hydrogen-bond acceptors (Lipinski definition) is 4. The minimum Gasteiger partial charge on any atom is -0.334 e. The van der Waals surface area contributed by atoms with E-state index in [-0.39, 0.29) is 12.4 Å². The lowest BCUT2D eigenvalue weighted by Gasteiger charge is -2.05. The molecule has 1 heterocycles. The molecule has 2 N–H and O–H groups in total. The molecule has 1 aromatic carbocycles. The monoisotopic (exact) mass is 266 g/mol. The molecule has 0 aliphatic rings. The lowest BCUT2D eigenvalue weighted by Crippen LogP contribution is -2.28. The summed E-state index contributed by atoms with van der Waals surface area (Å²) in [6, 6.07) is 5.84. The third kappa shape index (κ3) is 3.24. The highest BCUT2D eigenvalue weighted by atomic mass is 32.1. The number of anilines is 1. The molecule has 0 spiro atoms. The molecule has 0 radical (unpaired) electrons. The number of aryl methyl sites for hydroxylation is 1. The second-order valence-corrected chi connectivity index (χ2v) is 4.71. The first-order valence-electron chi connectivity index (χ1n) is 5.23. The van der Waals surface area contributed by atoms with E-state index in [9.17, 15) is 9.18 Å². The molecule has 0 fully saturated rings. The van der Waals surface area contributed by atoms with Gasteiger partial charge in [-0.3, -0.25) is 5.32 Å². The maximum absolute atomic E-state index is 13.3. The van der Waals surface area contributed by atoms with Gasteiger partial charge in [0.1, 0.15) is 10.8 Å². The maximum atomic E-state index is 13.3. The molecule has 2 rings (SSSR count). The summed E-state index contributed by atoms with van der Waals surface area (Å²) in [5.41, 5.74) is 0.432. The molecule has 2 amide bonds. The van der Waals surface area contributed by atoms with Gasteiger partial charge in [-0.05, 0) is 13.0 Å². The van der Waals surface area contributed by atoms with E-state index < -0.39 is 6.03 Å². The number of benzene rings is 1. The highest BCUT2D eigenvalue weighted by Gasteiger charge is 2.07. The van der Waals surface area contributed by atoms with Crippen molar-refractivity contribution in [3.63, 3.8) is 0 Å². The summed E-state index contributed by atoms with van der Waals surface area (Å²) in [7, 11) is 0. The van der Waals surface area contributed by atoms with Crippen molar-refractivity contribution in [2.24, 2.45) is 0 Å². The molecule has 18 heavy (non-hydrogen) atoms. The van der Waals surface area contributed by atoms with Gasteiger partial charge in [-0.25, -0.2) is 9.18 Å². The van der Waals surface area contributed by atoms with Crippen molar-refractivity contribution in [1.82, 2.24) is 15.5 Å². The zero-order valence-corrected chi connectivity index (χ0v) is 10.4. The van der Waals surface area contributed by atoms with Crippen LogP contribution in [0, 0.1) is 12.7 Å². The fourth-order valence-electron chi connectivity index (χ4n) is 1.31. The zero-order chi connectivity index (χ0) is 13.0. The summed E-state index contributed by atoms with van der Waals surface area (Å²) in [4.78, 5) is 11.5. The molecular weight excluding hydrogens is 255 g/mol. The second kappa shape index (κ2) is 5.54. The Morgan fingerprint density at radius 1 is 1.39 bits per heavy atom. The van der Waals surface area contributed by atoms with Gasteiger partial charge in [0.25, 0.3) is 0 Å². The quantitative estimate of drug-likeness (QED) is 0.895. The van der Waals surface area contributed by atoms with Gasteiger partial charge in [0, 0.05) is 12.1 Å². The van der Waals surface area contributed by atoms with E-state index >= 15 is 0 Å². The van der Waals surface area contributed by atoms with E-state index in [0.29, 0.717) is 10.7 Å². The smallest absolute Gasteiger partial charge is 0.321 e. The number of hydrogen-bond donors (Lipinski definition) is 2. The Hall–Kier alpha value is -2.02. The Bertz CT molecular complexity index is 557. The Morgan fingerprint density at radius 2 is 2.17 bits per heavy atom. The molecule has 0 bridgehead atoms. The van der Waals surface area contributed by atoms with Crippen LogP contribution >= 0.6 is 11.3 Å². The number of aromatic nitrogens is 2. The van der Waals surface area contributed by atoms with E-state index in [1.807, 2.05) is 0 Å². The van der Waals surface area contributed by atoms with Crippen LogP contribution in [0.3, 0.4) is 0 Å². The number of nitrogens with one attached hydrogen (secondary N) is 2. The summed E-state index contributed by atoms with van der Waals surface area (Å²) >= 11 is 1.27. The van der Waals surface area contributed by atoms with Crippen molar-refractivity contribution in [2.45, 2.75) is 13.5 Å². The maximum Gasteiger partial charge on any atom is 0.321 e. The van der Waals surface area contributed by atoms with Crippen LogP contribution in [0.15, 0.2) is 24.3 Å². The van der Waals surface area contributed by atoms with Gasteiger partial charge in [-0.15, -0.1) is 10.2 Å².